The minimum Gasteiger partial charge on any atom is -0.497 e. The Balaban J connectivity index is 2.83. The van der Waals surface area contributed by atoms with Gasteiger partial charge in [0.2, 0.25) is 0 Å². The van der Waals surface area contributed by atoms with Gasteiger partial charge in [0.1, 0.15) is 5.75 Å². The van der Waals surface area contributed by atoms with Gasteiger partial charge in [0, 0.05) is 21.7 Å². The van der Waals surface area contributed by atoms with Crippen LogP contribution in [0, 0.1) is 0 Å². The molecular weight excluding hydrogens is 318 g/mol. The molecule has 0 aliphatic rings. The summed E-state index contributed by atoms with van der Waals surface area (Å²) in [7, 11) is 1.59. The van der Waals surface area contributed by atoms with Crippen molar-refractivity contribution < 1.29 is 14.3 Å². The molecule has 0 saturated carbocycles. The van der Waals surface area contributed by atoms with Crippen molar-refractivity contribution in [3.63, 3.8) is 0 Å². The SMILES string of the molecule is CC=c1[nH]c(=O)c(CC(=O)OCC)c(-c2cccc(OC)c2)/c1=C/C. The van der Waals surface area contributed by atoms with Gasteiger partial charge in [-0.2, -0.15) is 0 Å². The summed E-state index contributed by atoms with van der Waals surface area (Å²) in [6.45, 7) is 5.78. The van der Waals surface area contributed by atoms with E-state index in [1.54, 1.807) is 14.0 Å². The van der Waals surface area contributed by atoms with Gasteiger partial charge >= 0.3 is 5.97 Å². The molecule has 1 aromatic carbocycles. The number of hydrogen-bond acceptors (Lipinski definition) is 4. The van der Waals surface area contributed by atoms with Crippen molar-refractivity contribution in [2.24, 2.45) is 0 Å². The molecule has 0 amide bonds. The molecule has 0 saturated heterocycles. The van der Waals surface area contributed by atoms with E-state index >= 15 is 0 Å². The average molecular weight is 341 g/mol. The second-order valence-corrected chi connectivity index (χ2v) is 5.43. The highest BCUT2D eigenvalue weighted by Crippen LogP contribution is 2.23. The van der Waals surface area contributed by atoms with E-state index in [-0.39, 0.29) is 18.6 Å². The van der Waals surface area contributed by atoms with Crippen LogP contribution in [0.5, 0.6) is 5.75 Å². The molecule has 5 nitrogen and oxygen atoms in total. The molecule has 0 radical (unpaired) electrons. The van der Waals surface area contributed by atoms with Crippen molar-refractivity contribution >= 4 is 18.1 Å². The fraction of sp³-hybridized carbons (Fsp3) is 0.300. The molecule has 1 N–H and O–H groups in total. The highest BCUT2D eigenvalue weighted by molar-refractivity contribution is 5.78. The van der Waals surface area contributed by atoms with Crippen LogP contribution in [0.3, 0.4) is 0 Å². The number of carbonyl (C=O) groups is 1. The summed E-state index contributed by atoms with van der Waals surface area (Å²) in [5, 5.41) is 1.59. The summed E-state index contributed by atoms with van der Waals surface area (Å²) in [6.07, 6.45) is 3.68. The molecule has 0 atom stereocenters. The average Bonchev–Trinajstić information content (AvgIpc) is 2.62. The molecule has 1 heterocycles. The molecule has 5 heteroatoms. The van der Waals surface area contributed by atoms with E-state index in [0.717, 1.165) is 21.7 Å². The number of hydrogen-bond donors (Lipinski definition) is 1. The molecule has 132 valence electrons. The largest absolute Gasteiger partial charge is 0.497 e. The van der Waals surface area contributed by atoms with Gasteiger partial charge in [-0.25, -0.2) is 0 Å². The molecular formula is C20H23NO4. The zero-order chi connectivity index (χ0) is 18.4. The molecule has 1 aromatic heterocycles. The van der Waals surface area contributed by atoms with Crippen LogP contribution in [-0.4, -0.2) is 24.7 Å². The van der Waals surface area contributed by atoms with Gasteiger partial charge in [0.05, 0.1) is 20.1 Å². The summed E-state index contributed by atoms with van der Waals surface area (Å²) in [5.74, 6) is 0.261. The Kier molecular flexibility index (Phi) is 6.17. The second-order valence-electron chi connectivity index (χ2n) is 5.43. The lowest BCUT2D eigenvalue weighted by Gasteiger charge is -2.12. The van der Waals surface area contributed by atoms with Gasteiger partial charge in [-0.05, 0) is 38.5 Å². The number of aromatic nitrogens is 1. The van der Waals surface area contributed by atoms with Crippen molar-refractivity contribution in [1.29, 1.82) is 0 Å². The molecule has 0 aliphatic carbocycles. The first-order chi connectivity index (χ1) is 12.0. The first-order valence-corrected chi connectivity index (χ1v) is 8.23. The first-order valence-electron chi connectivity index (χ1n) is 8.23. The summed E-state index contributed by atoms with van der Waals surface area (Å²) >= 11 is 0. The Morgan fingerprint density at radius 1 is 1.24 bits per heavy atom. The number of nitrogens with one attached hydrogen (secondary N) is 1. The normalized spacial score (nSPS) is 12.3. The minimum absolute atomic E-state index is 0.0828. The quantitative estimate of drug-likeness (QED) is 0.842. The third-order valence-corrected chi connectivity index (χ3v) is 3.95. The van der Waals surface area contributed by atoms with Crippen LogP contribution in [-0.2, 0) is 16.0 Å². The number of aromatic amines is 1. The van der Waals surface area contributed by atoms with Gasteiger partial charge in [0.15, 0.2) is 0 Å². The number of ether oxygens (including phenoxy) is 2. The van der Waals surface area contributed by atoms with E-state index in [0.29, 0.717) is 11.3 Å². The fourth-order valence-electron chi connectivity index (χ4n) is 2.84. The standard InChI is InChI=1S/C20H23NO4/c1-5-15-17(6-2)21-20(23)16(12-18(22)25-7-3)19(15)13-9-8-10-14(11-13)24-4/h5-6,8-11H,7,12H2,1-4H3,(H,21,23)/b15-5+,17-6?. The van der Waals surface area contributed by atoms with E-state index in [4.69, 9.17) is 9.47 Å². The van der Waals surface area contributed by atoms with Gasteiger partial charge in [-0.3, -0.25) is 9.59 Å². The first kappa shape index (κ1) is 18.5. The molecule has 0 spiro atoms. The third-order valence-electron chi connectivity index (χ3n) is 3.95. The highest BCUT2D eigenvalue weighted by Gasteiger charge is 2.17. The predicted octanol–water partition coefficient (Wildman–Crippen LogP) is 1.76. The zero-order valence-electron chi connectivity index (χ0n) is 15.0. The van der Waals surface area contributed by atoms with Crippen molar-refractivity contribution in [2.75, 3.05) is 13.7 Å². The Morgan fingerprint density at radius 2 is 2.00 bits per heavy atom. The predicted molar refractivity (Wildman–Crippen MR) is 98.9 cm³/mol. The van der Waals surface area contributed by atoms with E-state index in [9.17, 15) is 9.59 Å². The van der Waals surface area contributed by atoms with Crippen molar-refractivity contribution in [3.05, 3.63) is 50.8 Å². The van der Waals surface area contributed by atoms with Crippen LogP contribution in [0.2, 0.25) is 0 Å². The number of carbonyl (C=O) groups excluding carboxylic acids is 1. The van der Waals surface area contributed by atoms with Crippen molar-refractivity contribution in [2.45, 2.75) is 27.2 Å². The van der Waals surface area contributed by atoms with Crippen LogP contribution in [0.15, 0.2) is 29.1 Å². The van der Waals surface area contributed by atoms with Gasteiger partial charge in [-0.15, -0.1) is 0 Å². The van der Waals surface area contributed by atoms with Gasteiger partial charge in [0.25, 0.3) is 5.56 Å². The molecule has 2 rings (SSSR count). The lowest BCUT2D eigenvalue weighted by molar-refractivity contribution is -0.142. The van der Waals surface area contributed by atoms with E-state index in [1.165, 1.54) is 0 Å². The zero-order valence-corrected chi connectivity index (χ0v) is 15.0. The molecule has 0 fully saturated rings. The third kappa shape index (κ3) is 3.99. The number of pyridine rings is 1. The van der Waals surface area contributed by atoms with Crippen molar-refractivity contribution in [3.8, 4) is 16.9 Å². The Morgan fingerprint density at radius 3 is 2.60 bits per heavy atom. The number of H-pyrrole nitrogens is 1. The smallest absolute Gasteiger partial charge is 0.310 e. The molecule has 2 aromatic rings. The van der Waals surface area contributed by atoms with Crippen LogP contribution < -0.4 is 20.9 Å². The molecule has 0 unspecified atom stereocenters. The maximum atomic E-state index is 12.6. The Bertz CT molecular complexity index is 941. The van der Waals surface area contributed by atoms with Gasteiger partial charge in [-0.1, -0.05) is 24.3 Å². The monoisotopic (exact) mass is 341 g/mol. The lowest BCUT2D eigenvalue weighted by Crippen LogP contribution is -2.39. The summed E-state index contributed by atoms with van der Waals surface area (Å²) in [4.78, 5) is 27.5. The van der Waals surface area contributed by atoms with Crippen molar-refractivity contribution in [1.82, 2.24) is 4.98 Å². The van der Waals surface area contributed by atoms with Crippen LogP contribution >= 0.6 is 0 Å². The number of methoxy groups -OCH3 is 1. The van der Waals surface area contributed by atoms with E-state index in [1.807, 2.05) is 50.3 Å². The Hall–Kier alpha value is -2.82. The second kappa shape index (κ2) is 8.33. The van der Waals surface area contributed by atoms with Gasteiger partial charge < -0.3 is 14.5 Å². The summed E-state index contributed by atoms with van der Waals surface area (Å²) in [6, 6.07) is 7.45. The number of rotatable bonds is 5. The van der Waals surface area contributed by atoms with E-state index < -0.39 is 5.97 Å². The summed E-state index contributed by atoms with van der Waals surface area (Å²) in [5.41, 5.74) is 1.65. The van der Waals surface area contributed by atoms with E-state index in [2.05, 4.69) is 4.98 Å². The Labute approximate surface area is 146 Å². The summed E-state index contributed by atoms with van der Waals surface area (Å²) < 4.78 is 10.3. The minimum atomic E-state index is -0.424. The molecule has 25 heavy (non-hydrogen) atoms. The van der Waals surface area contributed by atoms with Crippen LogP contribution in [0.1, 0.15) is 26.3 Å². The molecule has 0 bridgehead atoms. The topological polar surface area (TPSA) is 68.4 Å². The number of benzene rings is 1. The van der Waals surface area contributed by atoms with Crippen LogP contribution in [0.4, 0.5) is 0 Å². The number of esters is 1. The maximum absolute atomic E-state index is 12.6. The maximum Gasteiger partial charge on any atom is 0.310 e. The fourth-order valence-corrected chi connectivity index (χ4v) is 2.84. The van der Waals surface area contributed by atoms with Crippen LogP contribution in [0.25, 0.3) is 23.3 Å². The lowest BCUT2D eigenvalue weighted by atomic mass is 9.96. The highest BCUT2D eigenvalue weighted by atomic mass is 16.5. The molecule has 0 aliphatic heterocycles.